The molecule has 0 saturated heterocycles. The zero-order valence-electron chi connectivity index (χ0n) is 10.7. The monoisotopic (exact) mass is 251 g/mol. The van der Waals surface area contributed by atoms with Gasteiger partial charge in [0.2, 0.25) is 0 Å². The molecule has 0 bridgehead atoms. The molecule has 1 aliphatic carbocycles. The maximum atomic E-state index is 9.87. The number of aliphatic hydroxyl groups is 1. The van der Waals surface area contributed by atoms with Crippen molar-refractivity contribution in [3.63, 3.8) is 0 Å². The van der Waals surface area contributed by atoms with Gasteiger partial charge in [0.25, 0.3) is 0 Å². The summed E-state index contributed by atoms with van der Waals surface area (Å²) in [5.41, 5.74) is 0.798. The first-order chi connectivity index (χ1) is 8.70. The molecule has 4 nitrogen and oxygen atoms in total. The van der Waals surface area contributed by atoms with Crippen LogP contribution >= 0.6 is 0 Å². The summed E-state index contributed by atoms with van der Waals surface area (Å²) in [7, 11) is 1.61. The van der Waals surface area contributed by atoms with Crippen LogP contribution in [0.25, 0.3) is 0 Å². The lowest BCUT2D eigenvalue weighted by Gasteiger charge is -2.28. The molecule has 1 aliphatic rings. The number of benzene rings is 1. The summed E-state index contributed by atoms with van der Waals surface area (Å²) in [6.07, 6.45) is 3.84. The molecule has 3 N–H and O–H groups in total. The standard InChI is InChI=1S/C14H21NO3/c1-18-11-6-7-13(16)10(8-11)9-15-12-4-2-3-5-14(12)17/h6-8,12,14-17H,2-5,9H2,1H3. The summed E-state index contributed by atoms with van der Waals surface area (Å²) in [6.45, 7) is 0.546. The number of ether oxygens (including phenoxy) is 1. The number of aliphatic hydroxyl groups excluding tert-OH is 1. The summed E-state index contributed by atoms with van der Waals surface area (Å²) < 4.78 is 5.13. The number of phenolic OH excluding ortho intramolecular Hbond substituents is 1. The smallest absolute Gasteiger partial charge is 0.120 e. The van der Waals surface area contributed by atoms with Crippen molar-refractivity contribution in [1.29, 1.82) is 0 Å². The van der Waals surface area contributed by atoms with Crippen molar-refractivity contribution in [3.8, 4) is 11.5 Å². The lowest BCUT2D eigenvalue weighted by molar-refractivity contribution is 0.0901. The summed E-state index contributed by atoms with van der Waals surface area (Å²) in [6, 6.07) is 5.31. The molecule has 1 saturated carbocycles. The summed E-state index contributed by atoms with van der Waals surface area (Å²) in [5, 5.41) is 22.9. The van der Waals surface area contributed by atoms with Crippen LogP contribution in [0.4, 0.5) is 0 Å². The second kappa shape index (κ2) is 6.07. The zero-order valence-corrected chi connectivity index (χ0v) is 10.7. The van der Waals surface area contributed by atoms with E-state index in [2.05, 4.69) is 5.32 Å². The van der Waals surface area contributed by atoms with Crippen LogP contribution in [-0.4, -0.2) is 29.5 Å². The predicted octanol–water partition coefficient (Wildman–Crippen LogP) is 1.79. The number of phenols is 1. The van der Waals surface area contributed by atoms with Crippen LogP contribution in [0.5, 0.6) is 11.5 Å². The van der Waals surface area contributed by atoms with E-state index in [9.17, 15) is 10.2 Å². The van der Waals surface area contributed by atoms with E-state index in [1.165, 1.54) is 0 Å². The highest BCUT2D eigenvalue weighted by Crippen LogP contribution is 2.24. The molecule has 4 heteroatoms. The number of nitrogens with one attached hydrogen (secondary N) is 1. The van der Waals surface area contributed by atoms with Crippen LogP contribution < -0.4 is 10.1 Å². The van der Waals surface area contributed by atoms with E-state index in [1.807, 2.05) is 6.07 Å². The molecule has 1 fully saturated rings. The molecule has 18 heavy (non-hydrogen) atoms. The first kappa shape index (κ1) is 13.2. The van der Waals surface area contributed by atoms with Crippen LogP contribution in [-0.2, 0) is 6.54 Å². The molecule has 0 radical (unpaired) electrons. The topological polar surface area (TPSA) is 61.7 Å². The Morgan fingerprint density at radius 1 is 1.33 bits per heavy atom. The third kappa shape index (κ3) is 3.15. The molecule has 0 spiro atoms. The minimum absolute atomic E-state index is 0.129. The molecular weight excluding hydrogens is 230 g/mol. The minimum Gasteiger partial charge on any atom is -0.508 e. The second-order valence-corrected chi connectivity index (χ2v) is 4.83. The Balaban J connectivity index is 1.96. The van der Waals surface area contributed by atoms with E-state index in [1.54, 1.807) is 19.2 Å². The predicted molar refractivity (Wildman–Crippen MR) is 69.8 cm³/mol. The highest BCUT2D eigenvalue weighted by molar-refractivity contribution is 5.39. The van der Waals surface area contributed by atoms with Gasteiger partial charge in [-0.3, -0.25) is 0 Å². The van der Waals surface area contributed by atoms with Crippen LogP contribution in [0.1, 0.15) is 31.2 Å². The third-order valence-corrected chi connectivity index (χ3v) is 3.57. The fourth-order valence-electron chi connectivity index (χ4n) is 2.42. The SMILES string of the molecule is COc1ccc(O)c(CNC2CCCCC2O)c1. The maximum absolute atomic E-state index is 9.87. The fraction of sp³-hybridized carbons (Fsp3) is 0.571. The van der Waals surface area contributed by atoms with E-state index < -0.39 is 0 Å². The van der Waals surface area contributed by atoms with Gasteiger partial charge in [-0.1, -0.05) is 12.8 Å². The highest BCUT2D eigenvalue weighted by Gasteiger charge is 2.22. The second-order valence-electron chi connectivity index (χ2n) is 4.83. The molecular formula is C14H21NO3. The van der Waals surface area contributed by atoms with E-state index in [4.69, 9.17) is 4.74 Å². The number of hydrogen-bond acceptors (Lipinski definition) is 4. The molecule has 0 aromatic heterocycles. The van der Waals surface area contributed by atoms with Gasteiger partial charge >= 0.3 is 0 Å². The van der Waals surface area contributed by atoms with Gasteiger partial charge in [0.05, 0.1) is 13.2 Å². The Morgan fingerprint density at radius 2 is 2.11 bits per heavy atom. The average molecular weight is 251 g/mol. The molecule has 2 atom stereocenters. The Bertz CT molecular complexity index is 395. The third-order valence-electron chi connectivity index (χ3n) is 3.57. The number of aromatic hydroxyl groups is 1. The van der Waals surface area contributed by atoms with Gasteiger partial charge < -0.3 is 20.3 Å². The Labute approximate surface area is 108 Å². The first-order valence-corrected chi connectivity index (χ1v) is 6.48. The summed E-state index contributed by atoms with van der Waals surface area (Å²) >= 11 is 0. The summed E-state index contributed by atoms with van der Waals surface area (Å²) in [4.78, 5) is 0. The molecule has 0 aliphatic heterocycles. The van der Waals surface area contributed by atoms with Crippen molar-refractivity contribution >= 4 is 0 Å². The lowest BCUT2D eigenvalue weighted by Crippen LogP contribution is -2.41. The van der Waals surface area contributed by atoms with E-state index in [0.29, 0.717) is 6.54 Å². The van der Waals surface area contributed by atoms with E-state index in [0.717, 1.165) is 37.0 Å². The Hall–Kier alpha value is -1.26. The van der Waals surface area contributed by atoms with Crippen molar-refractivity contribution in [2.45, 2.75) is 44.4 Å². The van der Waals surface area contributed by atoms with Crippen LogP contribution in [0.2, 0.25) is 0 Å². The number of rotatable bonds is 4. The molecule has 0 heterocycles. The first-order valence-electron chi connectivity index (χ1n) is 6.48. The highest BCUT2D eigenvalue weighted by atomic mass is 16.5. The molecule has 100 valence electrons. The van der Waals surface area contributed by atoms with Crippen LogP contribution in [0, 0.1) is 0 Å². The van der Waals surface area contributed by atoms with Crippen molar-refractivity contribution in [1.82, 2.24) is 5.32 Å². The van der Waals surface area contributed by atoms with Crippen LogP contribution in [0.3, 0.4) is 0 Å². The van der Waals surface area contributed by atoms with E-state index in [-0.39, 0.29) is 17.9 Å². The molecule has 1 aromatic carbocycles. The van der Waals surface area contributed by atoms with Crippen LogP contribution in [0.15, 0.2) is 18.2 Å². The Kier molecular flexibility index (Phi) is 4.44. The van der Waals surface area contributed by atoms with Crippen molar-refractivity contribution in [2.24, 2.45) is 0 Å². The molecule has 2 rings (SSSR count). The fourth-order valence-corrected chi connectivity index (χ4v) is 2.42. The molecule has 1 aromatic rings. The number of hydrogen-bond donors (Lipinski definition) is 3. The van der Waals surface area contributed by atoms with Gasteiger partial charge in [-0.2, -0.15) is 0 Å². The van der Waals surface area contributed by atoms with Gasteiger partial charge in [-0.15, -0.1) is 0 Å². The summed E-state index contributed by atoms with van der Waals surface area (Å²) in [5.74, 6) is 0.988. The van der Waals surface area contributed by atoms with Gasteiger partial charge in [-0.05, 0) is 31.0 Å². The Morgan fingerprint density at radius 3 is 2.83 bits per heavy atom. The van der Waals surface area contributed by atoms with E-state index >= 15 is 0 Å². The zero-order chi connectivity index (χ0) is 13.0. The normalized spacial score (nSPS) is 23.9. The van der Waals surface area contributed by atoms with Gasteiger partial charge in [0.1, 0.15) is 11.5 Å². The quantitative estimate of drug-likeness (QED) is 0.763. The van der Waals surface area contributed by atoms with Gasteiger partial charge in [0, 0.05) is 18.2 Å². The average Bonchev–Trinajstić information content (AvgIpc) is 2.39. The largest absolute Gasteiger partial charge is 0.508 e. The van der Waals surface area contributed by atoms with Gasteiger partial charge in [0.15, 0.2) is 0 Å². The minimum atomic E-state index is -0.272. The van der Waals surface area contributed by atoms with Gasteiger partial charge in [-0.25, -0.2) is 0 Å². The number of methoxy groups -OCH3 is 1. The van der Waals surface area contributed by atoms with Crippen molar-refractivity contribution < 1.29 is 14.9 Å². The van der Waals surface area contributed by atoms with Crippen molar-refractivity contribution in [3.05, 3.63) is 23.8 Å². The molecule has 2 unspecified atom stereocenters. The maximum Gasteiger partial charge on any atom is 0.120 e. The lowest BCUT2D eigenvalue weighted by atomic mass is 9.92. The molecule has 0 amide bonds. The van der Waals surface area contributed by atoms with Crippen molar-refractivity contribution in [2.75, 3.05) is 7.11 Å².